The molecule has 0 fully saturated rings. The Hall–Kier alpha value is -3.39. The van der Waals surface area contributed by atoms with Crippen molar-refractivity contribution in [3.63, 3.8) is 0 Å². The molecule has 1 heterocycles. The number of hydrogen-bond donors (Lipinski definition) is 2. The number of nitrogens with one attached hydrogen (secondary N) is 1. The molecule has 2 aromatic carbocycles. The minimum atomic E-state index is -1.10. The lowest BCUT2D eigenvalue weighted by Gasteiger charge is -2.17. The van der Waals surface area contributed by atoms with Crippen molar-refractivity contribution in [3.05, 3.63) is 85.1 Å². The summed E-state index contributed by atoms with van der Waals surface area (Å²) in [4.78, 5) is 41.4. The Balaban J connectivity index is 2.05. The van der Waals surface area contributed by atoms with Crippen LogP contribution in [0.4, 0.5) is 11.6 Å². The molecule has 0 radical (unpaired) electrons. The first-order chi connectivity index (χ1) is 16.0. The van der Waals surface area contributed by atoms with Crippen LogP contribution in [0.5, 0.6) is 0 Å². The average Bonchev–Trinajstić information content (AvgIpc) is 2.76. The van der Waals surface area contributed by atoms with Crippen molar-refractivity contribution in [3.8, 4) is 0 Å². The van der Waals surface area contributed by atoms with Crippen LogP contribution in [0.15, 0.2) is 52.1 Å². The van der Waals surface area contributed by atoms with Crippen LogP contribution in [0.1, 0.15) is 37.5 Å². The molecule has 1 atom stereocenters. The molecular formula is C25H29ClN4O4. The molecule has 1 aromatic heterocycles. The molecule has 0 bridgehead atoms. The van der Waals surface area contributed by atoms with Crippen molar-refractivity contribution in [2.45, 2.75) is 47.2 Å². The van der Waals surface area contributed by atoms with Crippen molar-refractivity contribution >= 4 is 29.2 Å². The van der Waals surface area contributed by atoms with Gasteiger partial charge in [0.05, 0.1) is 12.5 Å². The number of aromatic nitrogens is 3. The molecule has 180 valence electrons. The van der Waals surface area contributed by atoms with Crippen molar-refractivity contribution in [2.75, 3.05) is 5.32 Å². The molecule has 0 aliphatic rings. The molecule has 0 amide bonds. The van der Waals surface area contributed by atoms with Crippen LogP contribution in [0.2, 0.25) is 5.02 Å². The summed E-state index contributed by atoms with van der Waals surface area (Å²) in [6, 6.07) is 12.8. The van der Waals surface area contributed by atoms with E-state index in [-0.39, 0.29) is 19.0 Å². The highest BCUT2D eigenvalue weighted by Crippen LogP contribution is 2.21. The van der Waals surface area contributed by atoms with Crippen molar-refractivity contribution < 1.29 is 9.90 Å². The van der Waals surface area contributed by atoms with Gasteiger partial charge >= 0.3 is 17.3 Å². The summed E-state index contributed by atoms with van der Waals surface area (Å²) >= 11 is 5.98. The van der Waals surface area contributed by atoms with Gasteiger partial charge in [0.2, 0.25) is 5.95 Å². The second-order valence-electron chi connectivity index (χ2n) is 8.93. The molecule has 0 saturated heterocycles. The van der Waals surface area contributed by atoms with E-state index in [1.807, 2.05) is 25.1 Å². The number of benzene rings is 2. The van der Waals surface area contributed by atoms with E-state index in [1.54, 1.807) is 24.3 Å². The molecule has 9 heteroatoms. The van der Waals surface area contributed by atoms with Gasteiger partial charge in [-0.2, -0.15) is 4.98 Å². The molecule has 34 heavy (non-hydrogen) atoms. The van der Waals surface area contributed by atoms with E-state index < -0.39 is 23.3 Å². The highest BCUT2D eigenvalue weighted by molar-refractivity contribution is 6.30. The second kappa shape index (κ2) is 10.7. The Morgan fingerprint density at radius 2 is 1.76 bits per heavy atom. The normalized spacial score (nSPS) is 12.1. The Morgan fingerprint density at radius 3 is 2.35 bits per heavy atom. The smallest absolute Gasteiger partial charge is 0.354 e. The molecule has 0 spiro atoms. The molecule has 0 unspecified atom stereocenters. The Labute approximate surface area is 202 Å². The summed E-state index contributed by atoms with van der Waals surface area (Å²) in [5.74, 6) is -1.43. The van der Waals surface area contributed by atoms with Crippen LogP contribution in [0, 0.1) is 18.8 Å². The predicted molar refractivity (Wildman–Crippen MR) is 133 cm³/mol. The SMILES string of the molecule is Cc1cc(Nc2nc(=O)n(C[C@H](C)C(=O)O)c(=O)n2Cc2ccc(Cl)cc2)ccc1CC(C)C. The summed E-state index contributed by atoms with van der Waals surface area (Å²) in [5.41, 5.74) is 2.34. The summed E-state index contributed by atoms with van der Waals surface area (Å²) in [6.45, 7) is 7.62. The monoisotopic (exact) mass is 484 g/mol. The molecule has 0 aliphatic carbocycles. The number of halogens is 1. The van der Waals surface area contributed by atoms with Crippen LogP contribution < -0.4 is 16.7 Å². The van der Waals surface area contributed by atoms with Gasteiger partial charge in [0.25, 0.3) is 0 Å². The predicted octanol–water partition coefficient (Wildman–Crippen LogP) is 4.08. The Kier molecular flexibility index (Phi) is 7.94. The maximum Gasteiger partial charge on any atom is 0.354 e. The van der Waals surface area contributed by atoms with Crippen molar-refractivity contribution in [2.24, 2.45) is 11.8 Å². The van der Waals surface area contributed by atoms with Gasteiger partial charge < -0.3 is 10.4 Å². The first-order valence-electron chi connectivity index (χ1n) is 11.1. The lowest BCUT2D eigenvalue weighted by molar-refractivity contribution is -0.141. The van der Waals surface area contributed by atoms with E-state index in [9.17, 15) is 19.5 Å². The number of nitrogens with zero attached hydrogens (tertiary/aromatic N) is 3. The lowest BCUT2D eigenvalue weighted by atomic mass is 9.98. The summed E-state index contributed by atoms with van der Waals surface area (Å²) in [6.07, 6.45) is 0.948. The zero-order valence-electron chi connectivity index (χ0n) is 19.7. The van der Waals surface area contributed by atoms with Gasteiger partial charge in [-0.1, -0.05) is 50.6 Å². The van der Waals surface area contributed by atoms with Crippen LogP contribution in [-0.4, -0.2) is 25.2 Å². The van der Waals surface area contributed by atoms with Crippen LogP contribution in [-0.2, 0) is 24.3 Å². The summed E-state index contributed by atoms with van der Waals surface area (Å²) in [7, 11) is 0. The fraction of sp³-hybridized carbons (Fsp3) is 0.360. The zero-order valence-corrected chi connectivity index (χ0v) is 20.5. The Morgan fingerprint density at radius 1 is 1.09 bits per heavy atom. The molecule has 3 rings (SSSR count). The lowest BCUT2D eigenvalue weighted by Crippen LogP contribution is -2.44. The number of aryl methyl sites for hydroxylation is 1. The molecule has 0 saturated carbocycles. The highest BCUT2D eigenvalue weighted by atomic mass is 35.5. The van der Waals surface area contributed by atoms with Gasteiger partial charge in [0, 0.05) is 17.3 Å². The molecule has 3 aromatic rings. The third kappa shape index (κ3) is 6.14. The second-order valence-corrected chi connectivity index (χ2v) is 9.36. The maximum absolute atomic E-state index is 13.3. The van der Waals surface area contributed by atoms with Gasteiger partial charge in [-0.15, -0.1) is 0 Å². The molecule has 8 nitrogen and oxygen atoms in total. The minimum Gasteiger partial charge on any atom is -0.481 e. The van der Waals surface area contributed by atoms with E-state index in [2.05, 4.69) is 24.1 Å². The quantitative estimate of drug-likeness (QED) is 0.474. The minimum absolute atomic E-state index is 0.0835. The van der Waals surface area contributed by atoms with Gasteiger partial charge in [0.15, 0.2) is 0 Å². The van der Waals surface area contributed by atoms with Crippen LogP contribution >= 0.6 is 11.6 Å². The summed E-state index contributed by atoms with van der Waals surface area (Å²) < 4.78 is 2.19. The molecular weight excluding hydrogens is 456 g/mol. The van der Waals surface area contributed by atoms with E-state index in [0.717, 1.165) is 22.1 Å². The number of anilines is 2. The van der Waals surface area contributed by atoms with Gasteiger partial charge in [-0.3, -0.25) is 9.36 Å². The largest absolute Gasteiger partial charge is 0.481 e. The number of carboxylic acid groups (broad SMARTS) is 1. The van der Waals surface area contributed by atoms with E-state index in [1.165, 1.54) is 17.1 Å². The number of rotatable bonds is 9. The van der Waals surface area contributed by atoms with Gasteiger partial charge in [-0.05, 0) is 60.2 Å². The number of hydrogen-bond acceptors (Lipinski definition) is 5. The number of aliphatic carboxylic acids is 1. The van der Waals surface area contributed by atoms with Crippen molar-refractivity contribution in [1.82, 2.24) is 14.1 Å². The highest BCUT2D eigenvalue weighted by Gasteiger charge is 2.19. The molecule has 2 N–H and O–H groups in total. The zero-order chi connectivity index (χ0) is 25.0. The van der Waals surface area contributed by atoms with E-state index >= 15 is 0 Å². The number of carbonyl (C=O) groups is 1. The number of carboxylic acids is 1. The third-order valence-electron chi connectivity index (χ3n) is 5.51. The van der Waals surface area contributed by atoms with Crippen molar-refractivity contribution in [1.29, 1.82) is 0 Å². The van der Waals surface area contributed by atoms with E-state index in [0.29, 0.717) is 16.6 Å². The van der Waals surface area contributed by atoms with Crippen LogP contribution in [0.25, 0.3) is 0 Å². The average molecular weight is 485 g/mol. The topological polar surface area (TPSA) is 106 Å². The standard InChI is InChI=1S/C25H29ClN4O4/c1-15(2)11-19-7-10-21(12-16(19)3)27-23-28-24(33)30(13-17(4)22(31)32)25(34)29(23)14-18-5-8-20(26)9-6-18/h5-10,12,15,17H,11,13-14H2,1-4H3,(H,31,32)(H,27,28,33)/t17-/m0/s1. The fourth-order valence-corrected chi connectivity index (χ4v) is 3.75. The maximum atomic E-state index is 13.3. The Bertz CT molecular complexity index is 1300. The first kappa shape index (κ1) is 25.2. The fourth-order valence-electron chi connectivity index (χ4n) is 3.62. The van der Waals surface area contributed by atoms with Gasteiger partial charge in [-0.25, -0.2) is 14.2 Å². The summed E-state index contributed by atoms with van der Waals surface area (Å²) in [5, 5.41) is 12.9. The van der Waals surface area contributed by atoms with E-state index in [4.69, 9.17) is 11.6 Å². The third-order valence-corrected chi connectivity index (χ3v) is 5.76. The van der Waals surface area contributed by atoms with Gasteiger partial charge in [0.1, 0.15) is 0 Å². The molecule has 0 aliphatic heterocycles. The van der Waals surface area contributed by atoms with Crippen LogP contribution in [0.3, 0.4) is 0 Å². The first-order valence-corrected chi connectivity index (χ1v) is 11.5.